The van der Waals surface area contributed by atoms with Gasteiger partial charge in [-0.3, -0.25) is 4.79 Å². The zero-order valence-electron chi connectivity index (χ0n) is 15.9. The first-order valence-electron chi connectivity index (χ1n) is 9.12. The highest BCUT2D eigenvalue weighted by atomic mass is 16.5. The zero-order valence-corrected chi connectivity index (χ0v) is 15.9. The molecule has 1 aromatic carbocycles. The third-order valence-electron chi connectivity index (χ3n) is 5.06. The highest BCUT2D eigenvalue weighted by molar-refractivity contribution is 5.92. The minimum absolute atomic E-state index is 0.0490. The van der Waals surface area contributed by atoms with Crippen LogP contribution in [-0.2, 0) is 0 Å². The summed E-state index contributed by atoms with van der Waals surface area (Å²) in [5, 5.41) is 1.10. The minimum Gasteiger partial charge on any atom is -0.494 e. The number of methoxy groups -OCH3 is 1. The second kappa shape index (κ2) is 6.95. The van der Waals surface area contributed by atoms with Gasteiger partial charge in [0.2, 0.25) is 0 Å². The van der Waals surface area contributed by atoms with E-state index in [4.69, 9.17) is 14.1 Å². The van der Waals surface area contributed by atoms with Gasteiger partial charge < -0.3 is 19.0 Å². The molecule has 2 aromatic heterocycles. The molecule has 1 aliphatic rings. The fourth-order valence-corrected chi connectivity index (χ4v) is 3.54. The monoisotopic (exact) mass is 365 g/mol. The molecule has 6 nitrogen and oxygen atoms in total. The van der Waals surface area contributed by atoms with Crippen molar-refractivity contribution in [2.24, 2.45) is 0 Å². The number of ether oxygens (including phenoxy) is 1. The van der Waals surface area contributed by atoms with Gasteiger partial charge in [0, 0.05) is 31.6 Å². The molecule has 0 spiro atoms. The molecule has 4 rings (SSSR count). The Morgan fingerprint density at radius 3 is 2.56 bits per heavy atom. The van der Waals surface area contributed by atoms with E-state index in [1.807, 2.05) is 30.0 Å². The van der Waals surface area contributed by atoms with Gasteiger partial charge in [-0.05, 0) is 43.7 Å². The molecule has 0 saturated carbocycles. The number of fused-ring (bicyclic) bond motifs is 1. The molecular weight excluding hydrogens is 342 g/mol. The van der Waals surface area contributed by atoms with Crippen molar-refractivity contribution in [3.63, 3.8) is 0 Å². The maximum absolute atomic E-state index is 12.6. The van der Waals surface area contributed by atoms with Crippen molar-refractivity contribution in [2.75, 3.05) is 38.2 Å². The summed E-state index contributed by atoms with van der Waals surface area (Å²) in [7, 11) is 1.67. The Hall–Kier alpha value is -3.02. The minimum atomic E-state index is -0.0490. The molecule has 3 aromatic rings. The first kappa shape index (κ1) is 17.4. The maximum atomic E-state index is 12.6. The number of furan rings is 1. The van der Waals surface area contributed by atoms with Gasteiger partial charge in [-0.2, -0.15) is 0 Å². The van der Waals surface area contributed by atoms with Gasteiger partial charge in [0.25, 0.3) is 5.91 Å². The summed E-state index contributed by atoms with van der Waals surface area (Å²) < 4.78 is 10.9. The summed E-state index contributed by atoms with van der Waals surface area (Å²) >= 11 is 0. The van der Waals surface area contributed by atoms with Crippen LogP contribution in [0.5, 0.6) is 5.75 Å². The number of piperazine rings is 1. The molecule has 3 heterocycles. The molecule has 0 N–H and O–H groups in total. The number of aromatic nitrogens is 1. The number of para-hydroxylation sites is 1. The van der Waals surface area contributed by atoms with Crippen molar-refractivity contribution in [3.8, 4) is 5.75 Å². The number of pyridine rings is 1. The normalized spacial score (nSPS) is 14.6. The van der Waals surface area contributed by atoms with Crippen molar-refractivity contribution in [1.82, 2.24) is 9.88 Å². The van der Waals surface area contributed by atoms with E-state index in [1.165, 1.54) is 5.56 Å². The number of amides is 1. The SMILES string of the molecule is COc1cccc2c(C)cc(N3CCN(C(=O)c4ccc(C)o4)CC3)nc12. The second-order valence-electron chi connectivity index (χ2n) is 6.84. The van der Waals surface area contributed by atoms with Crippen LogP contribution >= 0.6 is 0 Å². The molecule has 0 aliphatic carbocycles. The number of nitrogens with zero attached hydrogens (tertiary/aromatic N) is 3. The van der Waals surface area contributed by atoms with Gasteiger partial charge in [0.1, 0.15) is 22.8 Å². The molecule has 6 heteroatoms. The quantitative estimate of drug-likeness (QED) is 0.712. The predicted molar refractivity (Wildman–Crippen MR) is 105 cm³/mol. The zero-order chi connectivity index (χ0) is 19.0. The van der Waals surface area contributed by atoms with E-state index in [-0.39, 0.29) is 5.91 Å². The van der Waals surface area contributed by atoms with Crippen LogP contribution in [0.3, 0.4) is 0 Å². The standard InChI is InChI=1S/C21H23N3O3/c1-14-13-19(22-20-16(14)5-4-6-17(20)26-3)23-9-11-24(12-10-23)21(25)18-8-7-15(2)27-18/h4-8,13H,9-12H2,1-3H3. The summed E-state index contributed by atoms with van der Waals surface area (Å²) in [5.41, 5.74) is 2.04. The van der Waals surface area contributed by atoms with E-state index >= 15 is 0 Å². The number of hydrogen-bond donors (Lipinski definition) is 0. The third-order valence-corrected chi connectivity index (χ3v) is 5.06. The van der Waals surface area contributed by atoms with Crippen molar-refractivity contribution in [1.29, 1.82) is 0 Å². The lowest BCUT2D eigenvalue weighted by atomic mass is 10.1. The van der Waals surface area contributed by atoms with E-state index in [1.54, 1.807) is 13.2 Å². The Labute approximate surface area is 158 Å². The van der Waals surface area contributed by atoms with Gasteiger partial charge in [0.05, 0.1) is 7.11 Å². The highest BCUT2D eigenvalue weighted by Crippen LogP contribution is 2.29. The molecule has 0 atom stereocenters. The molecule has 0 unspecified atom stereocenters. The van der Waals surface area contributed by atoms with Crippen molar-refractivity contribution < 1.29 is 13.9 Å². The van der Waals surface area contributed by atoms with Crippen LogP contribution < -0.4 is 9.64 Å². The van der Waals surface area contributed by atoms with Gasteiger partial charge >= 0.3 is 0 Å². The number of carbonyl (C=O) groups is 1. The number of hydrogen-bond acceptors (Lipinski definition) is 5. The molecular formula is C21H23N3O3. The Bertz CT molecular complexity index is 988. The predicted octanol–water partition coefficient (Wildman–Crippen LogP) is 3.42. The Kier molecular flexibility index (Phi) is 4.48. The average molecular weight is 365 g/mol. The number of benzene rings is 1. The average Bonchev–Trinajstić information content (AvgIpc) is 3.13. The van der Waals surface area contributed by atoms with Gasteiger partial charge in [0.15, 0.2) is 5.76 Å². The largest absolute Gasteiger partial charge is 0.494 e. The summed E-state index contributed by atoms with van der Waals surface area (Å²) in [6.45, 7) is 6.69. The maximum Gasteiger partial charge on any atom is 0.289 e. The number of carbonyl (C=O) groups excluding carboxylic acids is 1. The van der Waals surface area contributed by atoms with E-state index in [0.717, 1.165) is 41.3 Å². The molecule has 1 aliphatic heterocycles. The molecule has 1 fully saturated rings. The molecule has 1 amide bonds. The molecule has 1 saturated heterocycles. The van der Waals surface area contributed by atoms with Crippen LogP contribution in [0.15, 0.2) is 40.8 Å². The first-order chi connectivity index (χ1) is 13.1. The Morgan fingerprint density at radius 2 is 1.89 bits per heavy atom. The van der Waals surface area contributed by atoms with Crippen LogP contribution in [0.1, 0.15) is 21.9 Å². The summed E-state index contributed by atoms with van der Waals surface area (Å²) in [6.07, 6.45) is 0. The van der Waals surface area contributed by atoms with E-state index < -0.39 is 0 Å². The van der Waals surface area contributed by atoms with E-state index in [0.29, 0.717) is 18.8 Å². The van der Waals surface area contributed by atoms with Crippen LogP contribution in [0.25, 0.3) is 10.9 Å². The third kappa shape index (κ3) is 3.23. The van der Waals surface area contributed by atoms with Crippen LogP contribution in [0.4, 0.5) is 5.82 Å². The highest BCUT2D eigenvalue weighted by Gasteiger charge is 2.25. The lowest BCUT2D eigenvalue weighted by Gasteiger charge is -2.35. The molecule has 0 bridgehead atoms. The molecule has 0 radical (unpaired) electrons. The van der Waals surface area contributed by atoms with Crippen LogP contribution in [-0.4, -0.2) is 49.1 Å². The van der Waals surface area contributed by atoms with Gasteiger partial charge in [-0.15, -0.1) is 0 Å². The topological polar surface area (TPSA) is 58.8 Å². The summed E-state index contributed by atoms with van der Waals surface area (Å²) in [5.74, 6) is 2.81. The molecule has 140 valence electrons. The summed E-state index contributed by atoms with van der Waals surface area (Å²) in [6, 6.07) is 11.6. The Morgan fingerprint density at radius 1 is 1.11 bits per heavy atom. The smallest absolute Gasteiger partial charge is 0.289 e. The number of anilines is 1. The van der Waals surface area contributed by atoms with Crippen molar-refractivity contribution in [2.45, 2.75) is 13.8 Å². The van der Waals surface area contributed by atoms with E-state index in [2.05, 4.69) is 24.0 Å². The van der Waals surface area contributed by atoms with Crippen LogP contribution in [0, 0.1) is 13.8 Å². The van der Waals surface area contributed by atoms with Crippen molar-refractivity contribution >= 4 is 22.6 Å². The Balaban J connectivity index is 1.53. The lowest BCUT2D eigenvalue weighted by Crippen LogP contribution is -2.49. The number of rotatable bonds is 3. The molecule has 27 heavy (non-hydrogen) atoms. The van der Waals surface area contributed by atoms with Crippen LogP contribution in [0.2, 0.25) is 0 Å². The first-order valence-corrected chi connectivity index (χ1v) is 9.12. The van der Waals surface area contributed by atoms with Crippen molar-refractivity contribution in [3.05, 3.63) is 53.5 Å². The summed E-state index contributed by atoms with van der Waals surface area (Å²) in [4.78, 5) is 21.4. The number of aryl methyl sites for hydroxylation is 2. The lowest BCUT2D eigenvalue weighted by molar-refractivity contribution is 0.0713. The van der Waals surface area contributed by atoms with Gasteiger partial charge in [-0.1, -0.05) is 12.1 Å². The second-order valence-corrected chi connectivity index (χ2v) is 6.84. The van der Waals surface area contributed by atoms with Gasteiger partial charge in [-0.25, -0.2) is 4.98 Å². The van der Waals surface area contributed by atoms with E-state index in [9.17, 15) is 4.79 Å². The fourth-order valence-electron chi connectivity index (χ4n) is 3.54. The fraction of sp³-hybridized carbons (Fsp3) is 0.333.